The zero-order valence-electron chi connectivity index (χ0n) is 33.1. The third kappa shape index (κ3) is 8.17. The lowest BCUT2D eigenvalue weighted by atomic mass is 10.0. The van der Waals surface area contributed by atoms with Crippen molar-refractivity contribution < 1.29 is 24.0 Å². The molecule has 3 fully saturated rings. The molecule has 1 saturated carbocycles. The van der Waals surface area contributed by atoms with Crippen molar-refractivity contribution in [3.63, 3.8) is 0 Å². The quantitative estimate of drug-likeness (QED) is 0.0966. The summed E-state index contributed by atoms with van der Waals surface area (Å²) in [6.45, 7) is 4.90. The molecule has 4 aliphatic rings. The molecule has 2 saturated heterocycles. The number of amides is 5. The fourth-order valence-corrected chi connectivity index (χ4v) is 9.65. The highest BCUT2D eigenvalue weighted by Gasteiger charge is 2.45. The smallest absolute Gasteiger partial charge is 0.270 e. The second-order valence-electron chi connectivity index (χ2n) is 15.8. The third-order valence-electron chi connectivity index (χ3n) is 11.7. The molecule has 5 amide bonds. The maximum absolute atomic E-state index is 13.4. The molecule has 304 valence electrons. The van der Waals surface area contributed by atoms with Crippen molar-refractivity contribution in [3.8, 4) is 0 Å². The lowest BCUT2D eigenvalue weighted by molar-refractivity contribution is -0.136. The molecule has 0 radical (unpaired) electrons. The maximum Gasteiger partial charge on any atom is 0.270 e. The van der Waals surface area contributed by atoms with Gasteiger partial charge in [-0.3, -0.25) is 39.1 Å². The largest absolute Gasteiger partial charge is 0.368 e. The van der Waals surface area contributed by atoms with Crippen LogP contribution in [0.15, 0.2) is 53.7 Å². The number of carbonyl (C=O) groups is 5. The summed E-state index contributed by atoms with van der Waals surface area (Å²) >= 11 is 1.58. The molecule has 16 heteroatoms. The number of thioether (sulfide) groups is 1. The number of benzene rings is 1. The number of nitrogens with one attached hydrogen (secondary N) is 2. The van der Waals surface area contributed by atoms with Crippen molar-refractivity contribution in [1.82, 2.24) is 39.5 Å². The highest BCUT2D eigenvalue weighted by molar-refractivity contribution is 7.99. The summed E-state index contributed by atoms with van der Waals surface area (Å²) in [4.78, 5) is 86.0. The van der Waals surface area contributed by atoms with E-state index in [9.17, 15) is 24.0 Å². The van der Waals surface area contributed by atoms with Crippen LogP contribution < -0.4 is 15.5 Å². The van der Waals surface area contributed by atoms with Crippen LogP contribution in [0.2, 0.25) is 0 Å². The molecular formula is C42H50N10O5S. The first-order valence-corrected chi connectivity index (χ1v) is 21.4. The van der Waals surface area contributed by atoms with E-state index in [0.29, 0.717) is 28.6 Å². The van der Waals surface area contributed by atoms with Gasteiger partial charge in [-0.25, -0.2) is 9.97 Å². The first kappa shape index (κ1) is 39.5. The normalized spacial score (nSPS) is 19.0. The van der Waals surface area contributed by atoms with E-state index in [1.54, 1.807) is 49.1 Å². The number of carbonyl (C=O) groups excluding carboxylic acids is 5. The maximum atomic E-state index is 13.4. The van der Waals surface area contributed by atoms with Crippen LogP contribution in [0.4, 0.5) is 17.5 Å². The second kappa shape index (κ2) is 17.2. The van der Waals surface area contributed by atoms with Crippen molar-refractivity contribution >= 4 is 69.8 Å². The minimum atomic E-state index is -0.959. The number of pyridine rings is 1. The number of hydrogen-bond donors (Lipinski definition) is 2. The summed E-state index contributed by atoms with van der Waals surface area (Å²) < 4.78 is 2.11. The molecule has 0 bridgehead atoms. The zero-order valence-corrected chi connectivity index (χ0v) is 33.9. The van der Waals surface area contributed by atoms with Crippen LogP contribution in [-0.4, -0.2) is 122 Å². The number of nitrogens with zero attached hydrogens (tertiary/aromatic N) is 8. The Morgan fingerprint density at radius 1 is 0.914 bits per heavy atom. The molecule has 3 aliphatic heterocycles. The molecular weight excluding hydrogens is 757 g/mol. The van der Waals surface area contributed by atoms with Crippen molar-refractivity contribution in [2.75, 3.05) is 62.8 Å². The van der Waals surface area contributed by atoms with Crippen LogP contribution >= 0.6 is 11.8 Å². The highest BCUT2D eigenvalue weighted by Crippen LogP contribution is 2.36. The fraction of sp³-hybridized carbons (Fsp3) is 0.476. The van der Waals surface area contributed by atoms with Crippen LogP contribution in [0, 0.1) is 0 Å². The fourth-order valence-electron chi connectivity index (χ4n) is 8.56. The van der Waals surface area contributed by atoms with Crippen molar-refractivity contribution in [1.29, 1.82) is 0 Å². The van der Waals surface area contributed by atoms with Gasteiger partial charge in [-0.15, -0.1) is 11.8 Å². The SMILES string of the molecule is CN(C)C(=O)c1cc2cnc(Nc3ccc(N4CCN(CCCCCCSc5cccc6c5C(=O)N(C5CCC(=O)NC5=O)C6=O)CC4)cn3)nc2n1C1CCCC1. The van der Waals surface area contributed by atoms with E-state index in [1.165, 1.54) is 0 Å². The third-order valence-corrected chi connectivity index (χ3v) is 12.8. The average molecular weight is 807 g/mol. The molecule has 8 rings (SSSR count). The number of piperazine rings is 1. The van der Waals surface area contributed by atoms with Gasteiger partial charge < -0.3 is 19.7 Å². The Kier molecular flexibility index (Phi) is 11.7. The van der Waals surface area contributed by atoms with E-state index >= 15 is 0 Å². The molecule has 6 heterocycles. The lowest BCUT2D eigenvalue weighted by Gasteiger charge is -2.36. The molecule has 1 aliphatic carbocycles. The van der Waals surface area contributed by atoms with Gasteiger partial charge in [0.05, 0.1) is 23.0 Å². The highest BCUT2D eigenvalue weighted by atomic mass is 32.2. The number of rotatable bonds is 14. The summed E-state index contributed by atoms with van der Waals surface area (Å²) in [7, 11) is 3.55. The van der Waals surface area contributed by atoms with E-state index in [4.69, 9.17) is 4.98 Å². The van der Waals surface area contributed by atoms with E-state index in [2.05, 4.69) is 41.0 Å². The predicted octanol–water partition coefficient (Wildman–Crippen LogP) is 5.26. The van der Waals surface area contributed by atoms with Gasteiger partial charge in [-0.1, -0.05) is 31.7 Å². The molecule has 15 nitrogen and oxygen atoms in total. The van der Waals surface area contributed by atoms with Gasteiger partial charge in [0, 0.05) is 69.2 Å². The number of imide groups is 2. The number of unbranched alkanes of at least 4 members (excludes halogenated alkanes) is 3. The summed E-state index contributed by atoms with van der Waals surface area (Å²) in [6, 6.07) is 10.5. The minimum absolute atomic E-state index is 0.0295. The zero-order chi connectivity index (χ0) is 40.3. The van der Waals surface area contributed by atoms with Crippen LogP contribution in [0.3, 0.4) is 0 Å². The Morgan fingerprint density at radius 2 is 1.71 bits per heavy atom. The molecule has 4 aromatic rings. The Morgan fingerprint density at radius 3 is 2.45 bits per heavy atom. The number of hydrogen-bond acceptors (Lipinski definition) is 12. The Hall–Kier alpha value is -5.35. The summed E-state index contributed by atoms with van der Waals surface area (Å²) in [6.07, 6.45) is 12.6. The Bertz CT molecular complexity index is 2210. The summed E-state index contributed by atoms with van der Waals surface area (Å²) in [5.41, 5.74) is 3.21. The van der Waals surface area contributed by atoms with Gasteiger partial charge in [-0.2, -0.15) is 4.98 Å². The number of anilines is 3. The molecule has 1 atom stereocenters. The molecule has 1 aromatic carbocycles. The monoisotopic (exact) mass is 806 g/mol. The van der Waals surface area contributed by atoms with Gasteiger partial charge in [0.25, 0.3) is 17.7 Å². The first-order chi connectivity index (χ1) is 28.2. The second-order valence-corrected chi connectivity index (χ2v) is 16.9. The number of aromatic nitrogens is 4. The average Bonchev–Trinajstić information content (AvgIpc) is 3.95. The van der Waals surface area contributed by atoms with Crippen LogP contribution in [-0.2, 0) is 9.59 Å². The van der Waals surface area contributed by atoms with Crippen molar-refractivity contribution in [3.05, 3.63) is 65.6 Å². The van der Waals surface area contributed by atoms with Gasteiger partial charge in [0.2, 0.25) is 17.8 Å². The number of piperidine rings is 1. The standard InChI is InChI=1S/C42H50N10O5S/c1-48(2)40(56)32-24-27-25-44-42(47-37(27)51(32)28-10-5-6-11-28)45-34-16-14-29(26-43-34)50-21-19-49(20-22-50)18-7-3-4-8-23-58-33-13-9-12-30-36(33)41(57)52(39(30)55)31-15-17-35(53)46-38(31)54/h9,12-14,16,24-26,28,31H,3-8,10-11,15,17-23H2,1-2H3,(H,46,53,54)(H,43,44,45,47). The van der Waals surface area contributed by atoms with Gasteiger partial charge in [0.1, 0.15) is 23.2 Å². The van der Waals surface area contributed by atoms with E-state index in [1.807, 2.05) is 24.4 Å². The van der Waals surface area contributed by atoms with Crippen LogP contribution in [0.5, 0.6) is 0 Å². The Balaban J connectivity index is 0.762. The molecule has 2 N–H and O–H groups in total. The van der Waals surface area contributed by atoms with Gasteiger partial charge >= 0.3 is 0 Å². The van der Waals surface area contributed by atoms with Gasteiger partial charge in [0.15, 0.2) is 0 Å². The van der Waals surface area contributed by atoms with Crippen LogP contribution in [0.25, 0.3) is 11.0 Å². The van der Waals surface area contributed by atoms with Crippen molar-refractivity contribution in [2.45, 2.75) is 81.2 Å². The molecule has 58 heavy (non-hydrogen) atoms. The van der Waals surface area contributed by atoms with E-state index in [-0.39, 0.29) is 30.7 Å². The van der Waals surface area contributed by atoms with Crippen molar-refractivity contribution in [2.24, 2.45) is 0 Å². The molecule has 3 aromatic heterocycles. The summed E-state index contributed by atoms with van der Waals surface area (Å²) in [5.74, 6) is 0.00819. The predicted molar refractivity (Wildman–Crippen MR) is 222 cm³/mol. The topological polar surface area (TPSA) is 166 Å². The minimum Gasteiger partial charge on any atom is -0.368 e. The lowest BCUT2D eigenvalue weighted by Crippen LogP contribution is -2.54. The molecule has 1 unspecified atom stereocenters. The van der Waals surface area contributed by atoms with Crippen LogP contribution in [0.1, 0.15) is 101 Å². The molecule has 0 spiro atoms. The van der Waals surface area contributed by atoms with Gasteiger partial charge in [-0.05, 0) is 74.7 Å². The Labute approximate surface area is 341 Å². The van der Waals surface area contributed by atoms with E-state index in [0.717, 1.165) is 116 Å². The first-order valence-electron chi connectivity index (χ1n) is 20.4. The number of fused-ring (bicyclic) bond motifs is 2. The van der Waals surface area contributed by atoms with E-state index < -0.39 is 23.8 Å². The summed E-state index contributed by atoms with van der Waals surface area (Å²) in [5, 5.41) is 6.38.